The summed E-state index contributed by atoms with van der Waals surface area (Å²) >= 11 is 5.77. The van der Waals surface area contributed by atoms with Crippen molar-refractivity contribution in [2.24, 2.45) is 0 Å². The molecule has 0 fully saturated rings. The Morgan fingerprint density at radius 3 is 1.22 bits per heavy atom. The molecule has 0 aromatic heterocycles. The second kappa shape index (κ2) is 8.55. The van der Waals surface area contributed by atoms with Crippen LogP contribution in [0.1, 0.15) is 36.1 Å². The molecule has 2 aromatic rings. The second-order valence-electron chi connectivity index (χ2n) is 5.59. The first kappa shape index (κ1) is 18.8. The zero-order valence-corrected chi connectivity index (χ0v) is 17.4. The van der Waals surface area contributed by atoms with E-state index in [4.69, 9.17) is 0 Å². The molecule has 2 aromatic carbocycles. The van der Waals surface area contributed by atoms with Gasteiger partial charge < -0.3 is 0 Å². The van der Waals surface area contributed by atoms with Crippen molar-refractivity contribution in [2.75, 3.05) is 11.5 Å². The van der Waals surface area contributed by atoms with E-state index in [1.54, 1.807) is 0 Å². The van der Waals surface area contributed by atoms with Crippen LogP contribution in [-0.4, -0.2) is 11.5 Å². The van der Waals surface area contributed by atoms with E-state index in [9.17, 15) is 0 Å². The lowest BCUT2D eigenvalue weighted by Gasteiger charge is -2.15. The van der Waals surface area contributed by atoms with Crippen molar-refractivity contribution in [3.8, 4) is 0 Å². The molecule has 0 aliphatic carbocycles. The summed E-state index contributed by atoms with van der Waals surface area (Å²) in [6.45, 7) is 13.4. The van der Waals surface area contributed by atoms with Crippen LogP contribution in [0.15, 0.2) is 43.8 Å². The summed E-state index contributed by atoms with van der Waals surface area (Å²) in [6, 6.07) is 9.13. The fourth-order valence-electron chi connectivity index (χ4n) is 2.51. The maximum atomic E-state index is 2.29. The fourth-order valence-corrected chi connectivity index (χ4v) is 5.32. The molecular formula is C20H26S3. The van der Waals surface area contributed by atoms with Crippen molar-refractivity contribution in [1.29, 1.82) is 0 Å². The van der Waals surface area contributed by atoms with Crippen molar-refractivity contribution in [2.45, 2.75) is 61.1 Å². The summed E-state index contributed by atoms with van der Waals surface area (Å²) in [6.07, 6.45) is 0. The van der Waals surface area contributed by atoms with Crippen LogP contribution in [0.3, 0.4) is 0 Å². The Kier molecular flexibility index (Phi) is 7.00. The lowest BCUT2D eigenvalue weighted by atomic mass is 10.1. The molecule has 0 unspecified atom stereocenters. The standard InChI is InChI=1S/C20H26S3/c1-7-21-17-9-11-19(15(5)13(17)3)23-20-12-10-18(22-8-2)14(4)16(20)6/h9-12H,7-8H2,1-6H3. The minimum Gasteiger partial charge on any atom is -0.126 e. The SMILES string of the molecule is CCSc1ccc(Sc2ccc(SCC)c(C)c2C)c(C)c1C. The number of benzene rings is 2. The van der Waals surface area contributed by atoms with Gasteiger partial charge >= 0.3 is 0 Å². The Morgan fingerprint density at radius 1 is 0.565 bits per heavy atom. The lowest BCUT2D eigenvalue weighted by molar-refractivity contribution is 1.13. The highest BCUT2D eigenvalue weighted by molar-refractivity contribution is 8.00. The van der Waals surface area contributed by atoms with Gasteiger partial charge in [-0.2, -0.15) is 0 Å². The van der Waals surface area contributed by atoms with E-state index in [1.807, 2.05) is 35.3 Å². The van der Waals surface area contributed by atoms with Crippen LogP contribution in [-0.2, 0) is 0 Å². The lowest BCUT2D eigenvalue weighted by Crippen LogP contribution is -1.92. The van der Waals surface area contributed by atoms with Crippen molar-refractivity contribution in [1.82, 2.24) is 0 Å². The third-order valence-corrected chi connectivity index (χ3v) is 7.60. The van der Waals surface area contributed by atoms with E-state index in [0.29, 0.717) is 0 Å². The molecule has 0 nitrogen and oxygen atoms in total. The number of rotatable bonds is 6. The summed E-state index contributed by atoms with van der Waals surface area (Å²) in [5, 5.41) is 0. The zero-order valence-electron chi connectivity index (χ0n) is 14.9. The van der Waals surface area contributed by atoms with Gasteiger partial charge in [0.1, 0.15) is 0 Å². The van der Waals surface area contributed by atoms with Gasteiger partial charge in [-0.3, -0.25) is 0 Å². The molecule has 3 heteroatoms. The van der Waals surface area contributed by atoms with Crippen molar-refractivity contribution < 1.29 is 0 Å². The molecule has 23 heavy (non-hydrogen) atoms. The van der Waals surface area contributed by atoms with E-state index in [1.165, 1.54) is 41.8 Å². The normalized spacial score (nSPS) is 11.0. The number of hydrogen-bond donors (Lipinski definition) is 0. The van der Waals surface area contributed by atoms with Gasteiger partial charge in [-0.25, -0.2) is 0 Å². The molecule has 0 saturated heterocycles. The summed E-state index contributed by atoms with van der Waals surface area (Å²) in [5.41, 5.74) is 5.68. The van der Waals surface area contributed by atoms with Crippen LogP contribution in [0.4, 0.5) is 0 Å². The third kappa shape index (κ3) is 4.32. The minimum atomic E-state index is 1.13. The number of hydrogen-bond acceptors (Lipinski definition) is 3. The average molecular weight is 363 g/mol. The first-order chi connectivity index (χ1) is 11.0. The van der Waals surface area contributed by atoms with E-state index >= 15 is 0 Å². The molecule has 0 spiro atoms. The first-order valence-corrected chi connectivity index (χ1v) is 10.9. The minimum absolute atomic E-state index is 1.13. The molecule has 2 rings (SSSR count). The average Bonchev–Trinajstić information content (AvgIpc) is 2.54. The van der Waals surface area contributed by atoms with Crippen LogP contribution in [0.5, 0.6) is 0 Å². The van der Waals surface area contributed by atoms with Gasteiger partial charge in [0, 0.05) is 19.6 Å². The van der Waals surface area contributed by atoms with E-state index in [0.717, 1.165) is 11.5 Å². The summed E-state index contributed by atoms with van der Waals surface area (Å²) in [7, 11) is 0. The predicted molar refractivity (Wildman–Crippen MR) is 109 cm³/mol. The van der Waals surface area contributed by atoms with Gasteiger partial charge in [0.2, 0.25) is 0 Å². The van der Waals surface area contributed by atoms with Crippen molar-refractivity contribution in [3.63, 3.8) is 0 Å². The molecule has 0 saturated carbocycles. The molecule has 0 N–H and O–H groups in total. The van der Waals surface area contributed by atoms with Crippen LogP contribution < -0.4 is 0 Å². The fraction of sp³-hybridized carbons (Fsp3) is 0.400. The summed E-state index contributed by atoms with van der Waals surface area (Å²) < 4.78 is 0. The summed E-state index contributed by atoms with van der Waals surface area (Å²) in [4.78, 5) is 5.58. The molecule has 0 aliphatic rings. The van der Waals surface area contributed by atoms with Gasteiger partial charge in [-0.15, -0.1) is 23.5 Å². The largest absolute Gasteiger partial charge is 0.126 e. The van der Waals surface area contributed by atoms with Crippen LogP contribution in [0.25, 0.3) is 0 Å². The monoisotopic (exact) mass is 362 g/mol. The van der Waals surface area contributed by atoms with Gasteiger partial charge in [-0.05, 0) is 85.7 Å². The van der Waals surface area contributed by atoms with Gasteiger partial charge in [0.25, 0.3) is 0 Å². The van der Waals surface area contributed by atoms with Crippen LogP contribution >= 0.6 is 35.3 Å². The number of thioether (sulfide) groups is 2. The Bertz CT molecular complexity index is 630. The predicted octanol–water partition coefficient (Wildman–Crippen LogP) is 7.30. The van der Waals surface area contributed by atoms with Gasteiger partial charge in [-0.1, -0.05) is 25.6 Å². The molecule has 0 amide bonds. The zero-order chi connectivity index (χ0) is 17.0. The van der Waals surface area contributed by atoms with Gasteiger partial charge in [0.05, 0.1) is 0 Å². The van der Waals surface area contributed by atoms with Crippen molar-refractivity contribution >= 4 is 35.3 Å². The van der Waals surface area contributed by atoms with Crippen molar-refractivity contribution in [3.05, 3.63) is 46.5 Å². The Morgan fingerprint density at radius 2 is 0.870 bits per heavy atom. The first-order valence-electron chi connectivity index (χ1n) is 8.13. The molecule has 0 atom stereocenters. The molecule has 0 heterocycles. The molecule has 124 valence electrons. The topological polar surface area (TPSA) is 0 Å². The van der Waals surface area contributed by atoms with Crippen LogP contribution in [0, 0.1) is 27.7 Å². The highest BCUT2D eigenvalue weighted by atomic mass is 32.2. The Balaban J connectivity index is 2.33. The smallest absolute Gasteiger partial charge is 0.0155 e. The highest BCUT2D eigenvalue weighted by Crippen LogP contribution is 2.39. The highest BCUT2D eigenvalue weighted by Gasteiger charge is 2.11. The molecular weight excluding hydrogens is 336 g/mol. The molecule has 0 aliphatic heterocycles. The van der Waals surface area contributed by atoms with E-state index in [2.05, 4.69) is 65.8 Å². The van der Waals surface area contributed by atoms with Gasteiger partial charge in [0.15, 0.2) is 0 Å². The summed E-state index contributed by atoms with van der Waals surface area (Å²) in [5.74, 6) is 2.25. The Hall–Kier alpha value is -0.510. The van der Waals surface area contributed by atoms with E-state index in [-0.39, 0.29) is 0 Å². The second-order valence-corrected chi connectivity index (χ2v) is 9.29. The third-order valence-electron chi connectivity index (χ3n) is 4.20. The maximum Gasteiger partial charge on any atom is 0.0155 e. The van der Waals surface area contributed by atoms with Crippen LogP contribution in [0.2, 0.25) is 0 Å². The molecule has 0 bridgehead atoms. The van der Waals surface area contributed by atoms with E-state index < -0.39 is 0 Å². The Labute approximate surface area is 154 Å². The quantitative estimate of drug-likeness (QED) is 0.495. The molecule has 0 radical (unpaired) electrons. The maximum absolute atomic E-state index is 2.29.